The summed E-state index contributed by atoms with van der Waals surface area (Å²) in [5.74, 6) is 1.29. The SMILES string of the molecule is Cc1cc(OCC2CCCN2)n2ncnc2n1. The molecule has 1 atom stereocenters. The van der Waals surface area contributed by atoms with Gasteiger partial charge in [-0.2, -0.15) is 14.6 Å². The first-order valence-corrected chi connectivity index (χ1v) is 5.86. The lowest BCUT2D eigenvalue weighted by Gasteiger charge is -2.12. The molecule has 2 aromatic rings. The van der Waals surface area contributed by atoms with E-state index >= 15 is 0 Å². The maximum atomic E-state index is 5.80. The number of fused-ring (bicyclic) bond motifs is 1. The van der Waals surface area contributed by atoms with Gasteiger partial charge in [0.05, 0.1) is 0 Å². The van der Waals surface area contributed by atoms with Crippen LogP contribution in [0.3, 0.4) is 0 Å². The third kappa shape index (κ3) is 2.08. The summed E-state index contributed by atoms with van der Waals surface area (Å²) in [6.07, 6.45) is 3.88. The second-order valence-electron chi connectivity index (χ2n) is 4.31. The lowest BCUT2D eigenvalue weighted by molar-refractivity contribution is 0.261. The number of ether oxygens (including phenoxy) is 1. The summed E-state index contributed by atoms with van der Waals surface area (Å²) in [4.78, 5) is 8.33. The van der Waals surface area contributed by atoms with E-state index in [1.807, 2.05) is 13.0 Å². The second kappa shape index (κ2) is 4.29. The fourth-order valence-corrected chi connectivity index (χ4v) is 2.08. The standard InChI is InChI=1S/C11H15N5O/c1-8-5-10(16-11(15-8)13-7-14-16)17-6-9-3-2-4-12-9/h5,7,9,12H,2-4,6H2,1H3. The average Bonchev–Trinajstić information content (AvgIpc) is 2.95. The molecule has 0 aliphatic carbocycles. The quantitative estimate of drug-likeness (QED) is 0.839. The highest BCUT2D eigenvalue weighted by molar-refractivity contribution is 5.32. The van der Waals surface area contributed by atoms with E-state index in [9.17, 15) is 0 Å². The summed E-state index contributed by atoms with van der Waals surface area (Å²) in [7, 11) is 0. The summed E-state index contributed by atoms with van der Waals surface area (Å²) >= 11 is 0. The van der Waals surface area contributed by atoms with Gasteiger partial charge >= 0.3 is 0 Å². The van der Waals surface area contributed by atoms with Crippen LogP contribution in [0.5, 0.6) is 5.88 Å². The van der Waals surface area contributed by atoms with E-state index in [1.165, 1.54) is 19.2 Å². The first-order valence-electron chi connectivity index (χ1n) is 5.86. The normalized spacial score (nSPS) is 19.9. The van der Waals surface area contributed by atoms with Gasteiger partial charge in [0.2, 0.25) is 5.88 Å². The highest BCUT2D eigenvalue weighted by Gasteiger charge is 2.15. The zero-order chi connectivity index (χ0) is 11.7. The minimum atomic E-state index is 0.446. The fraction of sp³-hybridized carbons (Fsp3) is 0.545. The van der Waals surface area contributed by atoms with Gasteiger partial charge in [0.1, 0.15) is 12.9 Å². The highest BCUT2D eigenvalue weighted by atomic mass is 16.5. The van der Waals surface area contributed by atoms with Gasteiger partial charge in [0.25, 0.3) is 5.78 Å². The summed E-state index contributed by atoms with van der Waals surface area (Å²) in [5.41, 5.74) is 0.889. The number of hydrogen-bond donors (Lipinski definition) is 1. The first kappa shape index (κ1) is 10.5. The Morgan fingerprint density at radius 1 is 1.59 bits per heavy atom. The van der Waals surface area contributed by atoms with Crippen molar-refractivity contribution in [3.8, 4) is 5.88 Å². The Morgan fingerprint density at radius 2 is 2.53 bits per heavy atom. The molecule has 3 rings (SSSR count). The van der Waals surface area contributed by atoms with Crippen LogP contribution < -0.4 is 10.1 Å². The molecule has 1 aliphatic heterocycles. The van der Waals surface area contributed by atoms with Crippen LogP contribution in [0.2, 0.25) is 0 Å². The number of nitrogens with zero attached hydrogens (tertiary/aromatic N) is 4. The largest absolute Gasteiger partial charge is 0.476 e. The van der Waals surface area contributed by atoms with E-state index in [4.69, 9.17) is 4.74 Å². The molecule has 1 fully saturated rings. The minimum absolute atomic E-state index is 0.446. The van der Waals surface area contributed by atoms with Crippen molar-refractivity contribution in [2.24, 2.45) is 0 Å². The maximum absolute atomic E-state index is 5.80. The molecule has 1 saturated heterocycles. The molecule has 90 valence electrons. The molecule has 0 radical (unpaired) electrons. The molecule has 1 unspecified atom stereocenters. The summed E-state index contributed by atoms with van der Waals surface area (Å²) < 4.78 is 7.43. The van der Waals surface area contributed by atoms with Crippen molar-refractivity contribution in [2.45, 2.75) is 25.8 Å². The first-order chi connectivity index (χ1) is 8.33. The Bertz CT molecular complexity index is 518. The fourth-order valence-electron chi connectivity index (χ4n) is 2.08. The summed E-state index contributed by atoms with van der Waals surface area (Å²) in [6, 6.07) is 2.33. The van der Waals surface area contributed by atoms with Gasteiger partial charge in [-0.15, -0.1) is 0 Å². The highest BCUT2D eigenvalue weighted by Crippen LogP contribution is 2.14. The van der Waals surface area contributed by atoms with Crippen LogP contribution in [-0.4, -0.2) is 38.8 Å². The Kier molecular flexibility index (Phi) is 2.64. The van der Waals surface area contributed by atoms with Crippen LogP contribution in [0.15, 0.2) is 12.4 Å². The van der Waals surface area contributed by atoms with Gasteiger partial charge in [-0.05, 0) is 26.3 Å². The van der Waals surface area contributed by atoms with Gasteiger partial charge < -0.3 is 10.1 Å². The minimum Gasteiger partial charge on any atom is -0.476 e. The lowest BCUT2D eigenvalue weighted by Crippen LogP contribution is -2.28. The third-order valence-electron chi connectivity index (χ3n) is 2.94. The van der Waals surface area contributed by atoms with E-state index in [1.54, 1.807) is 4.52 Å². The van der Waals surface area contributed by atoms with Crippen molar-refractivity contribution in [1.29, 1.82) is 0 Å². The number of rotatable bonds is 3. The number of hydrogen-bond acceptors (Lipinski definition) is 5. The molecular weight excluding hydrogens is 218 g/mol. The van der Waals surface area contributed by atoms with Crippen LogP contribution in [-0.2, 0) is 0 Å². The van der Waals surface area contributed by atoms with Gasteiger partial charge in [-0.25, -0.2) is 4.98 Å². The van der Waals surface area contributed by atoms with Crippen LogP contribution in [0.4, 0.5) is 0 Å². The van der Waals surface area contributed by atoms with Crippen LogP contribution >= 0.6 is 0 Å². The Labute approximate surface area is 99.0 Å². The van der Waals surface area contributed by atoms with Crippen molar-refractivity contribution in [3.05, 3.63) is 18.1 Å². The molecule has 3 heterocycles. The second-order valence-corrected chi connectivity index (χ2v) is 4.31. The molecule has 0 spiro atoms. The molecule has 0 amide bonds. The van der Waals surface area contributed by atoms with Crippen molar-refractivity contribution < 1.29 is 4.74 Å². The molecule has 0 saturated carbocycles. The summed E-state index contributed by atoms with van der Waals surface area (Å²) in [5, 5.41) is 7.50. The molecular formula is C11H15N5O. The van der Waals surface area contributed by atoms with Crippen molar-refractivity contribution in [1.82, 2.24) is 24.9 Å². The smallest absolute Gasteiger partial charge is 0.255 e. The van der Waals surface area contributed by atoms with E-state index in [2.05, 4.69) is 20.4 Å². The molecule has 0 aromatic carbocycles. The molecule has 1 N–H and O–H groups in total. The molecule has 6 nitrogen and oxygen atoms in total. The molecule has 0 bridgehead atoms. The van der Waals surface area contributed by atoms with Gasteiger partial charge in [-0.1, -0.05) is 0 Å². The van der Waals surface area contributed by atoms with E-state index < -0.39 is 0 Å². The number of nitrogens with one attached hydrogen (secondary N) is 1. The van der Waals surface area contributed by atoms with Gasteiger partial charge in [0, 0.05) is 17.8 Å². The Balaban J connectivity index is 1.81. The van der Waals surface area contributed by atoms with E-state index in [0.29, 0.717) is 24.3 Å². The Morgan fingerprint density at radius 3 is 3.35 bits per heavy atom. The third-order valence-corrected chi connectivity index (χ3v) is 2.94. The van der Waals surface area contributed by atoms with Crippen LogP contribution in [0.25, 0.3) is 5.78 Å². The molecule has 17 heavy (non-hydrogen) atoms. The van der Waals surface area contributed by atoms with Crippen LogP contribution in [0, 0.1) is 6.92 Å². The Hall–Kier alpha value is -1.69. The lowest BCUT2D eigenvalue weighted by atomic mass is 10.2. The summed E-state index contributed by atoms with van der Waals surface area (Å²) in [6.45, 7) is 3.68. The predicted octanol–water partition coefficient (Wildman–Crippen LogP) is 0.564. The number of aromatic nitrogens is 4. The topological polar surface area (TPSA) is 64.3 Å². The number of aryl methyl sites for hydroxylation is 1. The van der Waals surface area contributed by atoms with E-state index in [0.717, 1.165) is 12.2 Å². The van der Waals surface area contributed by atoms with Gasteiger partial charge in [0.15, 0.2) is 0 Å². The van der Waals surface area contributed by atoms with Gasteiger partial charge in [-0.3, -0.25) is 0 Å². The zero-order valence-corrected chi connectivity index (χ0v) is 9.76. The van der Waals surface area contributed by atoms with Crippen molar-refractivity contribution in [3.63, 3.8) is 0 Å². The van der Waals surface area contributed by atoms with Crippen LogP contribution in [0.1, 0.15) is 18.5 Å². The van der Waals surface area contributed by atoms with Crippen molar-refractivity contribution in [2.75, 3.05) is 13.2 Å². The zero-order valence-electron chi connectivity index (χ0n) is 9.76. The molecule has 6 heteroatoms. The predicted molar refractivity (Wildman–Crippen MR) is 62.0 cm³/mol. The van der Waals surface area contributed by atoms with Crippen molar-refractivity contribution >= 4 is 5.78 Å². The molecule has 2 aromatic heterocycles. The maximum Gasteiger partial charge on any atom is 0.255 e. The molecule has 1 aliphatic rings. The monoisotopic (exact) mass is 233 g/mol. The average molecular weight is 233 g/mol. The van der Waals surface area contributed by atoms with E-state index in [-0.39, 0.29) is 0 Å².